The van der Waals surface area contributed by atoms with Crippen LogP contribution in [0, 0.1) is 0 Å². The van der Waals surface area contributed by atoms with Gasteiger partial charge in [0.15, 0.2) is 5.78 Å². The van der Waals surface area contributed by atoms with Crippen LogP contribution in [0.15, 0.2) is 0 Å². The molecule has 0 N–H and O–H groups in total. The van der Waals surface area contributed by atoms with Crippen molar-refractivity contribution in [3.8, 4) is 0 Å². The molecule has 1 saturated heterocycles. The SMILES string of the molecule is CC(C)N1CCC(=O)C12CCCCC2. The lowest BCUT2D eigenvalue weighted by Gasteiger charge is -2.42. The number of carbonyl (C=O) groups is 1. The maximum absolute atomic E-state index is 12.0. The molecule has 0 atom stereocenters. The van der Waals surface area contributed by atoms with Crippen LogP contribution in [0.2, 0.25) is 0 Å². The summed E-state index contributed by atoms with van der Waals surface area (Å²) in [5.74, 6) is 0.519. The van der Waals surface area contributed by atoms with Crippen LogP contribution in [0.3, 0.4) is 0 Å². The molecule has 1 aliphatic heterocycles. The van der Waals surface area contributed by atoms with E-state index in [2.05, 4.69) is 18.7 Å². The van der Waals surface area contributed by atoms with Crippen molar-refractivity contribution in [3.05, 3.63) is 0 Å². The third kappa shape index (κ3) is 1.40. The molecule has 80 valence electrons. The Morgan fingerprint density at radius 3 is 2.43 bits per heavy atom. The standard InChI is InChI=1S/C12H21NO/c1-10(2)13-9-6-11(14)12(13)7-4-3-5-8-12/h10H,3-9H2,1-2H3. The van der Waals surface area contributed by atoms with Gasteiger partial charge < -0.3 is 0 Å². The van der Waals surface area contributed by atoms with Crippen LogP contribution < -0.4 is 0 Å². The van der Waals surface area contributed by atoms with Gasteiger partial charge in [0.2, 0.25) is 0 Å². The molecule has 2 nitrogen and oxygen atoms in total. The van der Waals surface area contributed by atoms with Crippen molar-refractivity contribution < 1.29 is 4.79 Å². The molecule has 0 aromatic heterocycles. The Bertz CT molecular complexity index is 228. The fraction of sp³-hybridized carbons (Fsp3) is 0.917. The van der Waals surface area contributed by atoms with Crippen molar-refractivity contribution in [3.63, 3.8) is 0 Å². The fourth-order valence-electron chi connectivity index (χ4n) is 3.28. The van der Waals surface area contributed by atoms with E-state index in [0.29, 0.717) is 11.8 Å². The van der Waals surface area contributed by atoms with E-state index in [1.165, 1.54) is 19.3 Å². The summed E-state index contributed by atoms with van der Waals surface area (Å²) in [5, 5.41) is 0. The molecule has 1 aliphatic carbocycles. The molecule has 1 heterocycles. The summed E-state index contributed by atoms with van der Waals surface area (Å²) < 4.78 is 0. The normalized spacial score (nSPS) is 27.8. The number of hydrogen-bond acceptors (Lipinski definition) is 2. The highest BCUT2D eigenvalue weighted by atomic mass is 16.1. The summed E-state index contributed by atoms with van der Waals surface area (Å²) >= 11 is 0. The molecule has 2 aliphatic rings. The first-order chi connectivity index (χ1) is 6.67. The first-order valence-electron chi connectivity index (χ1n) is 5.97. The number of likely N-dealkylation sites (tertiary alicyclic amines) is 1. The predicted octanol–water partition coefficient (Wildman–Crippen LogP) is 2.37. The van der Waals surface area contributed by atoms with E-state index in [1.54, 1.807) is 0 Å². The van der Waals surface area contributed by atoms with E-state index in [-0.39, 0.29) is 5.54 Å². The molecule has 2 heteroatoms. The quantitative estimate of drug-likeness (QED) is 0.640. The third-order valence-electron chi connectivity index (χ3n) is 3.95. The van der Waals surface area contributed by atoms with Crippen molar-refractivity contribution in [2.45, 2.75) is 64.0 Å². The predicted molar refractivity (Wildman–Crippen MR) is 57.3 cm³/mol. The second-order valence-electron chi connectivity index (χ2n) is 5.05. The van der Waals surface area contributed by atoms with Crippen molar-refractivity contribution in [2.75, 3.05) is 6.54 Å². The Morgan fingerprint density at radius 2 is 1.86 bits per heavy atom. The van der Waals surface area contributed by atoms with Crippen molar-refractivity contribution in [2.24, 2.45) is 0 Å². The molecular weight excluding hydrogens is 174 g/mol. The lowest BCUT2D eigenvalue weighted by molar-refractivity contribution is -0.127. The Labute approximate surface area is 86.7 Å². The molecule has 2 rings (SSSR count). The highest BCUT2D eigenvalue weighted by molar-refractivity contribution is 5.90. The van der Waals surface area contributed by atoms with Gasteiger partial charge in [-0.2, -0.15) is 0 Å². The second-order valence-corrected chi connectivity index (χ2v) is 5.05. The fourth-order valence-corrected chi connectivity index (χ4v) is 3.28. The Kier molecular flexibility index (Phi) is 2.65. The van der Waals surface area contributed by atoms with E-state index >= 15 is 0 Å². The maximum Gasteiger partial charge on any atom is 0.154 e. The average Bonchev–Trinajstić information content (AvgIpc) is 2.46. The smallest absolute Gasteiger partial charge is 0.154 e. The molecule has 0 radical (unpaired) electrons. The first kappa shape index (κ1) is 10.2. The van der Waals surface area contributed by atoms with Crippen molar-refractivity contribution in [1.82, 2.24) is 4.90 Å². The molecular formula is C12H21NO. The van der Waals surface area contributed by atoms with E-state index in [9.17, 15) is 4.79 Å². The molecule has 0 bridgehead atoms. The van der Waals surface area contributed by atoms with Crippen LogP contribution >= 0.6 is 0 Å². The van der Waals surface area contributed by atoms with Crippen LogP contribution in [0.5, 0.6) is 0 Å². The summed E-state index contributed by atoms with van der Waals surface area (Å²) in [7, 11) is 0. The van der Waals surface area contributed by atoms with Crippen LogP contribution in [0.25, 0.3) is 0 Å². The van der Waals surface area contributed by atoms with E-state index in [1.807, 2.05) is 0 Å². The molecule has 2 fully saturated rings. The van der Waals surface area contributed by atoms with Crippen molar-refractivity contribution >= 4 is 5.78 Å². The Morgan fingerprint density at radius 1 is 1.21 bits per heavy atom. The minimum atomic E-state index is -0.0353. The highest BCUT2D eigenvalue weighted by Gasteiger charge is 2.48. The van der Waals surface area contributed by atoms with Crippen LogP contribution in [-0.2, 0) is 4.79 Å². The Hall–Kier alpha value is -0.370. The number of carbonyl (C=O) groups excluding carboxylic acids is 1. The summed E-state index contributed by atoms with van der Waals surface area (Å²) in [5.41, 5.74) is -0.0353. The van der Waals surface area contributed by atoms with E-state index in [4.69, 9.17) is 0 Å². The zero-order valence-electron chi connectivity index (χ0n) is 9.38. The molecule has 0 aromatic rings. The van der Waals surface area contributed by atoms with Crippen LogP contribution in [0.4, 0.5) is 0 Å². The Balaban J connectivity index is 2.22. The molecule has 0 unspecified atom stereocenters. The van der Waals surface area contributed by atoms with E-state index < -0.39 is 0 Å². The molecule has 14 heavy (non-hydrogen) atoms. The van der Waals surface area contributed by atoms with E-state index in [0.717, 1.165) is 25.8 Å². The first-order valence-corrected chi connectivity index (χ1v) is 5.97. The van der Waals surface area contributed by atoms with Gasteiger partial charge in [-0.25, -0.2) is 0 Å². The van der Waals surface area contributed by atoms with Gasteiger partial charge in [-0.05, 0) is 26.7 Å². The topological polar surface area (TPSA) is 20.3 Å². The summed E-state index contributed by atoms with van der Waals surface area (Å²) in [4.78, 5) is 14.5. The summed E-state index contributed by atoms with van der Waals surface area (Å²) in [6.07, 6.45) is 6.83. The largest absolute Gasteiger partial charge is 0.298 e. The maximum atomic E-state index is 12.0. The average molecular weight is 195 g/mol. The van der Waals surface area contributed by atoms with Gasteiger partial charge in [-0.1, -0.05) is 19.3 Å². The number of nitrogens with zero attached hydrogens (tertiary/aromatic N) is 1. The van der Waals surface area contributed by atoms with Gasteiger partial charge in [0.05, 0.1) is 5.54 Å². The zero-order valence-corrected chi connectivity index (χ0v) is 9.38. The van der Waals surface area contributed by atoms with Crippen molar-refractivity contribution in [1.29, 1.82) is 0 Å². The highest BCUT2D eigenvalue weighted by Crippen LogP contribution is 2.40. The summed E-state index contributed by atoms with van der Waals surface area (Å²) in [6, 6.07) is 0.527. The van der Waals surface area contributed by atoms with Gasteiger partial charge in [-0.3, -0.25) is 9.69 Å². The number of Topliss-reactive ketones (excluding diaryl/α,β-unsaturated/α-hetero) is 1. The lowest BCUT2D eigenvalue weighted by atomic mass is 9.78. The van der Waals surface area contributed by atoms with Crippen LogP contribution in [-0.4, -0.2) is 28.8 Å². The number of ketones is 1. The third-order valence-corrected chi connectivity index (χ3v) is 3.95. The molecule has 1 spiro atoms. The minimum Gasteiger partial charge on any atom is -0.298 e. The molecule has 0 aromatic carbocycles. The molecule has 0 amide bonds. The van der Waals surface area contributed by atoms with Crippen LogP contribution in [0.1, 0.15) is 52.4 Å². The monoisotopic (exact) mass is 195 g/mol. The number of hydrogen-bond donors (Lipinski definition) is 0. The number of rotatable bonds is 1. The second kappa shape index (κ2) is 3.65. The minimum absolute atomic E-state index is 0.0353. The lowest BCUT2D eigenvalue weighted by Crippen LogP contribution is -2.52. The van der Waals surface area contributed by atoms with Gasteiger partial charge in [0.1, 0.15) is 0 Å². The van der Waals surface area contributed by atoms with Gasteiger partial charge in [0.25, 0.3) is 0 Å². The van der Waals surface area contributed by atoms with Gasteiger partial charge in [0, 0.05) is 19.0 Å². The van der Waals surface area contributed by atoms with Gasteiger partial charge >= 0.3 is 0 Å². The summed E-state index contributed by atoms with van der Waals surface area (Å²) in [6.45, 7) is 5.43. The van der Waals surface area contributed by atoms with Gasteiger partial charge in [-0.15, -0.1) is 0 Å². The zero-order chi connectivity index (χ0) is 10.2. The molecule has 1 saturated carbocycles.